The molecular weight excluding hydrogens is 329 g/mol. The summed E-state index contributed by atoms with van der Waals surface area (Å²) in [6, 6.07) is 13.7. The minimum atomic E-state index is -0.425. The molecule has 1 N–H and O–H groups in total. The van der Waals surface area contributed by atoms with E-state index >= 15 is 0 Å². The fraction of sp³-hybridized carbons (Fsp3) is 0.0667. The molecule has 0 bridgehead atoms. The number of thioether (sulfide) groups is 1. The van der Waals surface area contributed by atoms with Crippen molar-refractivity contribution in [2.24, 2.45) is 0 Å². The Morgan fingerprint density at radius 1 is 0.952 bits per heavy atom. The molecule has 0 aromatic heterocycles. The second-order valence-corrected chi connectivity index (χ2v) is 5.88. The van der Waals surface area contributed by atoms with Crippen LogP contribution in [0.25, 0.3) is 0 Å². The van der Waals surface area contributed by atoms with Gasteiger partial charge in [0.05, 0.1) is 15.8 Å². The molecule has 108 valence electrons. The summed E-state index contributed by atoms with van der Waals surface area (Å²) < 4.78 is 0. The Balaban J connectivity index is 1.92. The lowest BCUT2D eigenvalue weighted by Crippen LogP contribution is -2.31. The van der Waals surface area contributed by atoms with Crippen molar-refractivity contribution in [3.63, 3.8) is 0 Å². The van der Waals surface area contributed by atoms with Crippen molar-refractivity contribution in [3.05, 3.63) is 64.1 Å². The number of carbonyl (C=O) groups is 2. The number of imide groups is 1. The van der Waals surface area contributed by atoms with Crippen molar-refractivity contribution in [1.82, 2.24) is 5.32 Å². The Morgan fingerprint density at radius 2 is 1.57 bits per heavy atom. The molecule has 0 radical (unpaired) electrons. The molecule has 0 aliphatic heterocycles. The highest BCUT2D eigenvalue weighted by atomic mass is 35.5. The van der Waals surface area contributed by atoms with Crippen molar-refractivity contribution in [3.8, 4) is 0 Å². The molecule has 21 heavy (non-hydrogen) atoms. The molecule has 2 aromatic rings. The third kappa shape index (κ3) is 4.49. The first kappa shape index (κ1) is 15.9. The third-order valence-electron chi connectivity index (χ3n) is 2.56. The van der Waals surface area contributed by atoms with E-state index in [1.165, 1.54) is 11.8 Å². The van der Waals surface area contributed by atoms with Gasteiger partial charge in [0, 0.05) is 10.5 Å². The summed E-state index contributed by atoms with van der Waals surface area (Å²) in [6.07, 6.45) is 0. The van der Waals surface area contributed by atoms with E-state index in [9.17, 15) is 9.59 Å². The highest BCUT2D eigenvalue weighted by molar-refractivity contribution is 8.00. The van der Waals surface area contributed by atoms with Crippen molar-refractivity contribution >= 4 is 46.8 Å². The number of hydrogen-bond donors (Lipinski definition) is 1. The molecule has 0 saturated carbocycles. The average Bonchev–Trinajstić information content (AvgIpc) is 2.47. The zero-order valence-corrected chi connectivity index (χ0v) is 13.1. The normalized spacial score (nSPS) is 10.2. The van der Waals surface area contributed by atoms with E-state index < -0.39 is 11.8 Å². The summed E-state index contributed by atoms with van der Waals surface area (Å²) in [5.74, 6) is -0.765. The molecule has 0 spiro atoms. The van der Waals surface area contributed by atoms with Gasteiger partial charge in [-0.2, -0.15) is 0 Å². The quantitative estimate of drug-likeness (QED) is 0.855. The van der Waals surface area contributed by atoms with Gasteiger partial charge in [-0.3, -0.25) is 14.9 Å². The number of rotatable bonds is 4. The number of amides is 2. The fourth-order valence-corrected chi connectivity index (χ4v) is 3.07. The number of halogens is 2. The zero-order valence-electron chi connectivity index (χ0n) is 10.8. The van der Waals surface area contributed by atoms with Crippen LogP contribution in [-0.2, 0) is 4.79 Å². The van der Waals surface area contributed by atoms with Gasteiger partial charge in [-0.15, -0.1) is 11.8 Å². The summed E-state index contributed by atoms with van der Waals surface area (Å²) >= 11 is 13.2. The van der Waals surface area contributed by atoms with Crippen LogP contribution in [0.3, 0.4) is 0 Å². The molecule has 0 fully saturated rings. The van der Waals surface area contributed by atoms with Gasteiger partial charge in [-0.25, -0.2) is 0 Å². The van der Waals surface area contributed by atoms with Crippen molar-refractivity contribution in [1.29, 1.82) is 0 Å². The predicted octanol–water partition coefficient (Wildman–Crippen LogP) is 4.04. The van der Waals surface area contributed by atoms with Gasteiger partial charge in [0.15, 0.2) is 0 Å². The molecule has 0 unspecified atom stereocenters. The maximum atomic E-state index is 11.8. The van der Waals surface area contributed by atoms with Gasteiger partial charge < -0.3 is 0 Å². The minimum Gasteiger partial charge on any atom is -0.292 e. The van der Waals surface area contributed by atoms with Gasteiger partial charge >= 0.3 is 0 Å². The Labute approximate surface area is 136 Å². The average molecular weight is 340 g/mol. The topological polar surface area (TPSA) is 46.2 Å². The van der Waals surface area contributed by atoms with Gasteiger partial charge in [-0.1, -0.05) is 47.5 Å². The van der Waals surface area contributed by atoms with Crippen LogP contribution in [0.2, 0.25) is 10.0 Å². The number of nitrogens with one attached hydrogen (secondary N) is 1. The van der Waals surface area contributed by atoms with Crippen LogP contribution >= 0.6 is 35.0 Å². The van der Waals surface area contributed by atoms with E-state index in [-0.39, 0.29) is 5.75 Å². The lowest BCUT2D eigenvalue weighted by Gasteiger charge is -2.07. The van der Waals surface area contributed by atoms with Crippen LogP contribution in [0, 0.1) is 0 Å². The summed E-state index contributed by atoms with van der Waals surface area (Å²) in [4.78, 5) is 24.2. The lowest BCUT2D eigenvalue weighted by molar-refractivity contribution is -0.117. The van der Waals surface area contributed by atoms with E-state index in [0.29, 0.717) is 20.5 Å². The lowest BCUT2D eigenvalue weighted by atomic mass is 10.2. The smallest absolute Gasteiger partial charge is 0.257 e. The van der Waals surface area contributed by atoms with Crippen LogP contribution in [0.5, 0.6) is 0 Å². The molecule has 2 rings (SSSR count). The maximum absolute atomic E-state index is 11.8. The largest absolute Gasteiger partial charge is 0.292 e. The Hall–Kier alpha value is -1.49. The van der Waals surface area contributed by atoms with Crippen LogP contribution in [0.4, 0.5) is 0 Å². The molecule has 0 saturated heterocycles. The SMILES string of the molecule is O=C(CSc1c(Cl)cccc1Cl)NC(=O)c1ccccc1. The van der Waals surface area contributed by atoms with Crippen molar-refractivity contribution < 1.29 is 9.59 Å². The Kier molecular flexibility index (Phi) is 5.67. The molecule has 2 amide bonds. The second kappa shape index (κ2) is 7.50. The first-order valence-corrected chi connectivity index (χ1v) is 7.78. The molecular formula is C15H11Cl2NO2S. The van der Waals surface area contributed by atoms with Gasteiger partial charge in [0.2, 0.25) is 5.91 Å². The van der Waals surface area contributed by atoms with Crippen molar-refractivity contribution in [2.45, 2.75) is 4.90 Å². The molecule has 0 aliphatic rings. The van der Waals surface area contributed by atoms with E-state index in [0.717, 1.165) is 0 Å². The van der Waals surface area contributed by atoms with Crippen LogP contribution in [0.1, 0.15) is 10.4 Å². The summed E-state index contributed by atoms with van der Waals surface area (Å²) in [5, 5.41) is 3.28. The van der Waals surface area contributed by atoms with Crippen molar-refractivity contribution in [2.75, 3.05) is 5.75 Å². The van der Waals surface area contributed by atoms with Gasteiger partial charge in [0.1, 0.15) is 0 Å². The number of carbonyl (C=O) groups excluding carboxylic acids is 2. The number of hydrogen-bond acceptors (Lipinski definition) is 3. The molecule has 3 nitrogen and oxygen atoms in total. The summed E-state index contributed by atoms with van der Waals surface area (Å²) in [6.45, 7) is 0. The van der Waals surface area contributed by atoms with E-state index in [1.807, 2.05) is 0 Å². The highest BCUT2D eigenvalue weighted by Crippen LogP contribution is 2.33. The molecule has 6 heteroatoms. The van der Waals surface area contributed by atoms with E-state index in [4.69, 9.17) is 23.2 Å². The standard InChI is InChI=1S/C15H11Cl2NO2S/c16-11-7-4-8-12(17)14(11)21-9-13(19)18-15(20)10-5-2-1-3-6-10/h1-8H,9H2,(H,18,19,20). The first-order valence-electron chi connectivity index (χ1n) is 6.04. The molecule has 0 aliphatic carbocycles. The van der Waals surface area contributed by atoms with Crippen LogP contribution in [0.15, 0.2) is 53.4 Å². The van der Waals surface area contributed by atoms with E-state index in [1.54, 1.807) is 48.5 Å². The van der Waals surface area contributed by atoms with Gasteiger partial charge in [0.25, 0.3) is 5.91 Å². The third-order valence-corrected chi connectivity index (χ3v) is 4.54. The molecule has 0 heterocycles. The van der Waals surface area contributed by atoms with Crippen LogP contribution in [-0.4, -0.2) is 17.6 Å². The number of benzene rings is 2. The Bertz CT molecular complexity index is 642. The summed E-state index contributed by atoms with van der Waals surface area (Å²) in [7, 11) is 0. The fourth-order valence-electron chi connectivity index (χ4n) is 1.58. The second-order valence-electron chi connectivity index (χ2n) is 4.08. The first-order chi connectivity index (χ1) is 10.1. The monoisotopic (exact) mass is 339 g/mol. The van der Waals surface area contributed by atoms with Gasteiger partial charge in [-0.05, 0) is 24.3 Å². The van der Waals surface area contributed by atoms with Crippen LogP contribution < -0.4 is 5.32 Å². The highest BCUT2D eigenvalue weighted by Gasteiger charge is 2.12. The Morgan fingerprint density at radius 3 is 2.19 bits per heavy atom. The predicted molar refractivity (Wildman–Crippen MR) is 86.1 cm³/mol. The van der Waals surface area contributed by atoms with E-state index in [2.05, 4.69) is 5.32 Å². The minimum absolute atomic E-state index is 0.0576. The molecule has 0 atom stereocenters. The summed E-state index contributed by atoms with van der Waals surface area (Å²) in [5.41, 5.74) is 0.437. The molecule has 2 aromatic carbocycles. The zero-order chi connectivity index (χ0) is 15.2. The maximum Gasteiger partial charge on any atom is 0.257 e.